The van der Waals surface area contributed by atoms with Crippen LogP contribution in [0.4, 0.5) is 4.39 Å². The molecule has 98 valence electrons. The van der Waals surface area contributed by atoms with Gasteiger partial charge in [-0.3, -0.25) is 9.69 Å². The summed E-state index contributed by atoms with van der Waals surface area (Å²) in [5.41, 5.74) is 6.21. The monoisotopic (exact) mass is 270 g/mol. The van der Waals surface area contributed by atoms with Crippen LogP contribution in [0, 0.1) is 11.7 Å². The molecule has 2 rings (SSSR count). The number of benzene rings is 1. The predicted octanol–water partition coefficient (Wildman–Crippen LogP) is 2.18. The first kappa shape index (κ1) is 13.3. The molecule has 0 bridgehead atoms. The van der Waals surface area contributed by atoms with Gasteiger partial charge in [-0.2, -0.15) is 0 Å². The largest absolute Gasteiger partial charge is 0.369 e. The molecule has 1 aromatic rings. The van der Waals surface area contributed by atoms with Gasteiger partial charge in [0.05, 0.1) is 5.92 Å². The molecule has 1 saturated heterocycles. The minimum absolute atomic E-state index is 0.0852. The lowest BCUT2D eigenvalue weighted by Gasteiger charge is -2.31. The summed E-state index contributed by atoms with van der Waals surface area (Å²) in [6.07, 6.45) is 1.80. The zero-order chi connectivity index (χ0) is 13.1. The fraction of sp³-hybridized carbons (Fsp3) is 0.462. The van der Waals surface area contributed by atoms with E-state index in [1.54, 1.807) is 6.07 Å². The van der Waals surface area contributed by atoms with Crippen LogP contribution in [0.5, 0.6) is 0 Å². The summed E-state index contributed by atoms with van der Waals surface area (Å²) in [5.74, 6) is -0.666. The molecule has 0 aliphatic carbocycles. The first-order valence-corrected chi connectivity index (χ1v) is 6.39. The van der Waals surface area contributed by atoms with Crippen LogP contribution in [-0.4, -0.2) is 23.9 Å². The van der Waals surface area contributed by atoms with Crippen molar-refractivity contribution in [2.75, 3.05) is 13.1 Å². The van der Waals surface area contributed by atoms with Crippen LogP contribution >= 0.6 is 11.6 Å². The molecule has 2 N–H and O–H groups in total. The number of primary amides is 1. The zero-order valence-corrected chi connectivity index (χ0v) is 10.8. The van der Waals surface area contributed by atoms with E-state index in [0.717, 1.165) is 24.9 Å². The quantitative estimate of drug-likeness (QED) is 0.915. The highest BCUT2D eigenvalue weighted by Gasteiger charge is 2.24. The topological polar surface area (TPSA) is 46.3 Å². The molecule has 1 amide bonds. The molecular formula is C13H16ClFN2O. The highest BCUT2D eigenvalue weighted by molar-refractivity contribution is 6.31. The number of hydrogen-bond acceptors (Lipinski definition) is 2. The molecule has 18 heavy (non-hydrogen) atoms. The summed E-state index contributed by atoms with van der Waals surface area (Å²) < 4.78 is 12.9. The van der Waals surface area contributed by atoms with Crippen LogP contribution in [0.3, 0.4) is 0 Å². The van der Waals surface area contributed by atoms with E-state index >= 15 is 0 Å². The van der Waals surface area contributed by atoms with Gasteiger partial charge in [0.1, 0.15) is 5.82 Å². The van der Waals surface area contributed by atoms with E-state index in [9.17, 15) is 9.18 Å². The van der Waals surface area contributed by atoms with Gasteiger partial charge in [-0.25, -0.2) is 4.39 Å². The number of nitrogens with two attached hydrogens (primary N) is 1. The van der Waals surface area contributed by atoms with Gasteiger partial charge in [0, 0.05) is 18.1 Å². The summed E-state index contributed by atoms with van der Waals surface area (Å²) in [6.45, 7) is 2.20. The SMILES string of the molecule is NC(=O)C1CCCN(Cc2ccc(F)cc2Cl)C1. The van der Waals surface area contributed by atoms with Gasteiger partial charge in [0.2, 0.25) is 5.91 Å². The van der Waals surface area contributed by atoms with E-state index < -0.39 is 0 Å². The number of carbonyl (C=O) groups excluding carboxylic acids is 1. The van der Waals surface area contributed by atoms with Crippen molar-refractivity contribution < 1.29 is 9.18 Å². The zero-order valence-electron chi connectivity index (χ0n) is 10.0. The standard InChI is InChI=1S/C13H16ClFN2O/c14-12-6-11(15)4-3-9(12)7-17-5-1-2-10(8-17)13(16)18/h3-4,6,10H,1-2,5,7-8H2,(H2,16,18). The Hall–Kier alpha value is -1.13. The molecule has 5 heteroatoms. The Morgan fingerprint density at radius 2 is 2.33 bits per heavy atom. The molecule has 0 aromatic heterocycles. The molecule has 1 unspecified atom stereocenters. The van der Waals surface area contributed by atoms with Crippen LogP contribution in [0.25, 0.3) is 0 Å². The normalized spacial score (nSPS) is 20.9. The van der Waals surface area contributed by atoms with Crippen molar-refractivity contribution in [1.82, 2.24) is 4.90 Å². The number of likely N-dealkylation sites (tertiary alicyclic amines) is 1. The number of nitrogens with zero attached hydrogens (tertiary/aromatic N) is 1. The Bertz CT molecular complexity index is 453. The van der Waals surface area contributed by atoms with Gasteiger partial charge in [0.25, 0.3) is 0 Å². The van der Waals surface area contributed by atoms with Crippen molar-refractivity contribution in [2.45, 2.75) is 19.4 Å². The molecule has 1 heterocycles. The predicted molar refractivity (Wildman–Crippen MR) is 68.6 cm³/mol. The lowest BCUT2D eigenvalue weighted by Crippen LogP contribution is -2.40. The summed E-state index contributed by atoms with van der Waals surface area (Å²) in [5, 5.41) is 0.427. The first-order valence-electron chi connectivity index (χ1n) is 6.02. The van der Waals surface area contributed by atoms with Crippen LogP contribution in [0.15, 0.2) is 18.2 Å². The smallest absolute Gasteiger partial charge is 0.221 e. The lowest BCUT2D eigenvalue weighted by molar-refractivity contribution is -0.123. The molecule has 0 radical (unpaired) electrons. The summed E-state index contributed by atoms with van der Waals surface area (Å²) >= 11 is 5.99. The third kappa shape index (κ3) is 3.21. The van der Waals surface area contributed by atoms with Gasteiger partial charge in [-0.15, -0.1) is 0 Å². The molecule has 1 aliphatic heterocycles. The third-order valence-corrected chi connectivity index (χ3v) is 3.67. The van der Waals surface area contributed by atoms with E-state index in [2.05, 4.69) is 4.90 Å². The maximum atomic E-state index is 12.9. The highest BCUT2D eigenvalue weighted by atomic mass is 35.5. The minimum Gasteiger partial charge on any atom is -0.369 e. The fourth-order valence-corrected chi connectivity index (χ4v) is 2.55. The number of rotatable bonds is 3. The maximum Gasteiger partial charge on any atom is 0.221 e. The van der Waals surface area contributed by atoms with Gasteiger partial charge < -0.3 is 5.73 Å². The first-order chi connectivity index (χ1) is 8.56. The van der Waals surface area contributed by atoms with Crippen LogP contribution in [0.2, 0.25) is 5.02 Å². The number of halogens is 2. The van der Waals surface area contributed by atoms with Crippen molar-refractivity contribution in [3.8, 4) is 0 Å². The number of hydrogen-bond donors (Lipinski definition) is 1. The van der Waals surface area contributed by atoms with Gasteiger partial charge in [-0.05, 0) is 37.1 Å². The highest BCUT2D eigenvalue weighted by Crippen LogP contribution is 2.22. The lowest BCUT2D eigenvalue weighted by atomic mass is 9.97. The van der Waals surface area contributed by atoms with Crippen molar-refractivity contribution >= 4 is 17.5 Å². The summed E-state index contributed by atoms with van der Waals surface area (Å²) in [7, 11) is 0. The van der Waals surface area contributed by atoms with Crippen LogP contribution in [-0.2, 0) is 11.3 Å². The fourth-order valence-electron chi connectivity index (χ4n) is 2.32. The molecule has 1 aromatic carbocycles. The van der Waals surface area contributed by atoms with E-state index in [4.69, 9.17) is 17.3 Å². The van der Waals surface area contributed by atoms with Crippen molar-refractivity contribution in [1.29, 1.82) is 0 Å². The van der Waals surface area contributed by atoms with Gasteiger partial charge in [-0.1, -0.05) is 17.7 Å². The van der Waals surface area contributed by atoms with Gasteiger partial charge >= 0.3 is 0 Å². The van der Waals surface area contributed by atoms with Crippen LogP contribution < -0.4 is 5.73 Å². The Kier molecular flexibility index (Phi) is 4.19. The maximum absolute atomic E-state index is 12.9. The molecule has 1 aliphatic rings. The van der Waals surface area contributed by atoms with E-state index in [0.29, 0.717) is 18.1 Å². The molecule has 0 spiro atoms. The third-order valence-electron chi connectivity index (χ3n) is 3.32. The Balaban J connectivity index is 2.02. The molecule has 0 saturated carbocycles. The van der Waals surface area contributed by atoms with Crippen molar-refractivity contribution in [3.05, 3.63) is 34.6 Å². The number of amides is 1. The van der Waals surface area contributed by atoms with Crippen LogP contribution in [0.1, 0.15) is 18.4 Å². The number of piperidine rings is 1. The summed E-state index contributed by atoms with van der Waals surface area (Å²) in [6, 6.07) is 4.40. The molecular weight excluding hydrogens is 255 g/mol. The van der Waals surface area contributed by atoms with E-state index in [1.165, 1.54) is 12.1 Å². The number of carbonyl (C=O) groups is 1. The second kappa shape index (κ2) is 5.67. The van der Waals surface area contributed by atoms with E-state index in [-0.39, 0.29) is 17.6 Å². The van der Waals surface area contributed by atoms with Gasteiger partial charge in [0.15, 0.2) is 0 Å². The second-order valence-corrected chi connectivity index (χ2v) is 5.12. The molecule has 1 atom stereocenters. The van der Waals surface area contributed by atoms with E-state index in [1.807, 2.05) is 0 Å². The average Bonchev–Trinajstić information content (AvgIpc) is 2.33. The van der Waals surface area contributed by atoms with Crippen molar-refractivity contribution in [2.24, 2.45) is 11.7 Å². The average molecular weight is 271 g/mol. The Morgan fingerprint density at radius 3 is 3.00 bits per heavy atom. The summed E-state index contributed by atoms with van der Waals surface area (Å²) in [4.78, 5) is 13.3. The molecule has 1 fully saturated rings. The molecule has 3 nitrogen and oxygen atoms in total. The Labute approximate surface area is 111 Å². The van der Waals surface area contributed by atoms with Crippen molar-refractivity contribution in [3.63, 3.8) is 0 Å². The minimum atomic E-state index is -0.336. The second-order valence-electron chi connectivity index (χ2n) is 4.71. The Morgan fingerprint density at radius 1 is 1.56 bits per heavy atom.